The molecule has 1 saturated heterocycles. The van der Waals surface area contributed by atoms with Gasteiger partial charge in [-0.2, -0.15) is 0 Å². The number of nitrogens with one attached hydrogen (secondary N) is 1. The van der Waals surface area contributed by atoms with Gasteiger partial charge in [-0.25, -0.2) is 0 Å². The molecule has 23 heavy (non-hydrogen) atoms. The van der Waals surface area contributed by atoms with E-state index in [2.05, 4.69) is 5.32 Å². The number of anilines is 1. The lowest BCUT2D eigenvalue weighted by Crippen LogP contribution is -2.50. The smallest absolute Gasteiger partial charge is 0.313 e. The number of amides is 1. The molecule has 2 fully saturated rings. The SMILES string of the molecule is Cc1cc(C)c(NC(=O)C23CCC(C)(C(=O)O2)C3(C)C)c(C)c1. The summed E-state index contributed by atoms with van der Waals surface area (Å²) in [5.74, 6) is -0.451. The highest BCUT2D eigenvalue weighted by atomic mass is 16.6. The fraction of sp³-hybridized carbons (Fsp3) is 0.579. The Hall–Kier alpha value is -1.84. The molecule has 1 N–H and O–H groups in total. The highest BCUT2D eigenvalue weighted by Crippen LogP contribution is 2.65. The Labute approximate surface area is 137 Å². The zero-order valence-electron chi connectivity index (χ0n) is 14.8. The van der Waals surface area contributed by atoms with Gasteiger partial charge in [-0.15, -0.1) is 0 Å². The lowest BCUT2D eigenvalue weighted by molar-refractivity contribution is -0.165. The Balaban J connectivity index is 1.98. The van der Waals surface area contributed by atoms with Gasteiger partial charge in [0.2, 0.25) is 0 Å². The molecule has 3 rings (SSSR count). The Kier molecular flexibility index (Phi) is 3.20. The van der Waals surface area contributed by atoms with Crippen LogP contribution < -0.4 is 5.32 Å². The molecule has 0 aromatic heterocycles. The highest BCUT2D eigenvalue weighted by molar-refractivity contribution is 6.04. The van der Waals surface area contributed by atoms with E-state index in [1.54, 1.807) is 0 Å². The molecule has 2 atom stereocenters. The molecule has 124 valence electrons. The maximum Gasteiger partial charge on any atom is 0.313 e. The summed E-state index contributed by atoms with van der Waals surface area (Å²) in [6.45, 7) is 11.9. The Morgan fingerprint density at radius 3 is 2.09 bits per heavy atom. The van der Waals surface area contributed by atoms with E-state index >= 15 is 0 Å². The van der Waals surface area contributed by atoms with E-state index in [1.165, 1.54) is 0 Å². The molecule has 1 aromatic rings. The summed E-state index contributed by atoms with van der Waals surface area (Å²) in [5.41, 5.74) is 1.86. The van der Waals surface area contributed by atoms with Crippen LogP contribution in [0.3, 0.4) is 0 Å². The van der Waals surface area contributed by atoms with Gasteiger partial charge >= 0.3 is 5.97 Å². The number of ether oxygens (including phenoxy) is 1. The monoisotopic (exact) mass is 315 g/mol. The van der Waals surface area contributed by atoms with Crippen molar-refractivity contribution in [1.29, 1.82) is 0 Å². The number of hydrogen-bond acceptors (Lipinski definition) is 3. The first kappa shape index (κ1) is 16.0. The molecular weight excluding hydrogens is 290 g/mol. The molecule has 1 amide bonds. The molecule has 0 spiro atoms. The highest BCUT2D eigenvalue weighted by Gasteiger charge is 2.75. The van der Waals surface area contributed by atoms with Crippen molar-refractivity contribution >= 4 is 17.6 Å². The molecule has 1 aliphatic heterocycles. The van der Waals surface area contributed by atoms with E-state index < -0.39 is 16.4 Å². The Morgan fingerprint density at radius 2 is 1.65 bits per heavy atom. The third-order valence-electron chi connectivity index (χ3n) is 6.37. The van der Waals surface area contributed by atoms with Gasteiger partial charge in [0.15, 0.2) is 5.60 Å². The predicted octanol–water partition coefficient (Wildman–Crippen LogP) is 3.67. The summed E-state index contributed by atoms with van der Waals surface area (Å²) in [5, 5.41) is 3.04. The van der Waals surface area contributed by atoms with Gasteiger partial charge in [0.05, 0.1) is 5.41 Å². The first-order valence-corrected chi connectivity index (χ1v) is 8.18. The van der Waals surface area contributed by atoms with Gasteiger partial charge in [-0.3, -0.25) is 9.59 Å². The summed E-state index contributed by atoms with van der Waals surface area (Å²) in [4.78, 5) is 25.4. The van der Waals surface area contributed by atoms with Crippen LogP contribution in [0.1, 0.15) is 50.3 Å². The second-order valence-electron chi connectivity index (χ2n) is 7.90. The summed E-state index contributed by atoms with van der Waals surface area (Å²) in [7, 11) is 0. The quantitative estimate of drug-likeness (QED) is 0.847. The Morgan fingerprint density at radius 1 is 1.09 bits per heavy atom. The zero-order chi connectivity index (χ0) is 17.2. The van der Waals surface area contributed by atoms with Gasteiger partial charge in [0.1, 0.15) is 0 Å². The van der Waals surface area contributed by atoms with Crippen LogP contribution in [0.5, 0.6) is 0 Å². The predicted molar refractivity (Wildman–Crippen MR) is 89.2 cm³/mol. The second kappa shape index (κ2) is 4.59. The van der Waals surface area contributed by atoms with Crippen LogP contribution in [0.4, 0.5) is 5.69 Å². The van der Waals surface area contributed by atoms with Crippen molar-refractivity contribution in [3.05, 3.63) is 28.8 Å². The summed E-state index contributed by atoms with van der Waals surface area (Å²) < 4.78 is 5.65. The van der Waals surface area contributed by atoms with E-state index in [-0.39, 0.29) is 11.9 Å². The first-order valence-electron chi connectivity index (χ1n) is 8.18. The maximum atomic E-state index is 13.1. The standard InChI is InChI=1S/C19H25NO3/c1-11-9-12(2)14(13(3)10-11)20-15(21)19-8-7-18(6,16(22)23-19)17(19,4)5/h9-10H,7-8H2,1-6H3,(H,20,21). The molecule has 0 radical (unpaired) electrons. The number of benzene rings is 1. The van der Waals surface area contributed by atoms with Gasteiger partial charge in [-0.1, -0.05) is 31.5 Å². The maximum absolute atomic E-state index is 13.1. The summed E-state index contributed by atoms with van der Waals surface area (Å²) >= 11 is 0. The number of carbonyl (C=O) groups is 2. The molecule has 1 aromatic carbocycles. The van der Waals surface area contributed by atoms with Crippen LogP contribution in [0.2, 0.25) is 0 Å². The minimum Gasteiger partial charge on any atom is -0.448 e. The summed E-state index contributed by atoms with van der Waals surface area (Å²) in [6, 6.07) is 4.09. The lowest BCUT2D eigenvalue weighted by atomic mass is 9.66. The molecule has 2 unspecified atom stereocenters. The van der Waals surface area contributed by atoms with Gasteiger partial charge in [0, 0.05) is 11.1 Å². The molecule has 2 bridgehead atoms. The molecule has 2 aliphatic rings. The van der Waals surface area contributed by atoms with E-state index in [0.29, 0.717) is 12.8 Å². The van der Waals surface area contributed by atoms with Crippen LogP contribution in [-0.2, 0) is 14.3 Å². The molecular formula is C19H25NO3. The average molecular weight is 315 g/mol. The van der Waals surface area contributed by atoms with Gasteiger partial charge in [-0.05, 0) is 51.7 Å². The van der Waals surface area contributed by atoms with Gasteiger partial charge in [0.25, 0.3) is 5.91 Å². The topological polar surface area (TPSA) is 55.4 Å². The van der Waals surface area contributed by atoms with Gasteiger partial charge < -0.3 is 10.1 Å². The van der Waals surface area contributed by atoms with E-state index in [9.17, 15) is 9.59 Å². The zero-order valence-corrected chi connectivity index (χ0v) is 14.8. The van der Waals surface area contributed by atoms with Crippen molar-refractivity contribution in [2.24, 2.45) is 10.8 Å². The van der Waals surface area contributed by atoms with E-state index in [4.69, 9.17) is 4.74 Å². The number of fused-ring (bicyclic) bond motifs is 2. The second-order valence-corrected chi connectivity index (χ2v) is 7.90. The number of rotatable bonds is 2. The van der Waals surface area contributed by atoms with Crippen LogP contribution in [-0.4, -0.2) is 17.5 Å². The van der Waals surface area contributed by atoms with Crippen LogP contribution in [0, 0.1) is 31.6 Å². The van der Waals surface area contributed by atoms with Crippen molar-refractivity contribution in [1.82, 2.24) is 0 Å². The largest absolute Gasteiger partial charge is 0.448 e. The number of aryl methyl sites for hydroxylation is 3. The number of hydrogen-bond donors (Lipinski definition) is 1. The molecule has 1 heterocycles. The van der Waals surface area contributed by atoms with E-state index in [1.807, 2.05) is 53.7 Å². The van der Waals surface area contributed by atoms with Crippen molar-refractivity contribution < 1.29 is 14.3 Å². The van der Waals surface area contributed by atoms with Crippen molar-refractivity contribution in [2.75, 3.05) is 5.32 Å². The van der Waals surface area contributed by atoms with Crippen molar-refractivity contribution in [3.63, 3.8) is 0 Å². The fourth-order valence-corrected chi connectivity index (χ4v) is 4.34. The molecule has 4 nitrogen and oxygen atoms in total. The minimum absolute atomic E-state index is 0.202. The van der Waals surface area contributed by atoms with Crippen molar-refractivity contribution in [3.8, 4) is 0 Å². The molecule has 1 saturated carbocycles. The normalized spacial score (nSPS) is 31.1. The third-order valence-corrected chi connectivity index (χ3v) is 6.37. The molecule has 4 heteroatoms. The van der Waals surface area contributed by atoms with Crippen molar-refractivity contribution in [2.45, 2.75) is 60.0 Å². The number of esters is 1. The molecule has 1 aliphatic carbocycles. The van der Waals surface area contributed by atoms with E-state index in [0.717, 1.165) is 22.4 Å². The minimum atomic E-state index is -1.07. The number of carbonyl (C=O) groups excluding carboxylic acids is 2. The fourth-order valence-electron chi connectivity index (χ4n) is 4.34. The van der Waals surface area contributed by atoms with Crippen LogP contribution >= 0.6 is 0 Å². The van der Waals surface area contributed by atoms with Crippen LogP contribution in [0.15, 0.2) is 12.1 Å². The Bertz CT molecular complexity index is 698. The summed E-state index contributed by atoms with van der Waals surface area (Å²) in [6.07, 6.45) is 1.27. The first-order chi connectivity index (χ1) is 10.5. The third kappa shape index (κ3) is 1.84. The average Bonchev–Trinajstić information content (AvgIpc) is 2.73. The lowest BCUT2D eigenvalue weighted by Gasteiger charge is -2.35. The van der Waals surface area contributed by atoms with Crippen LogP contribution in [0.25, 0.3) is 0 Å².